The molecule has 4 rings (SSSR count). The first kappa shape index (κ1) is 18.4. The fourth-order valence-corrected chi connectivity index (χ4v) is 3.36. The van der Waals surface area contributed by atoms with E-state index in [0.29, 0.717) is 18.0 Å². The number of nitrogens with zero attached hydrogens (tertiary/aromatic N) is 2. The summed E-state index contributed by atoms with van der Waals surface area (Å²) in [6.07, 6.45) is 3.49. The monoisotopic (exact) mass is 380 g/mol. The van der Waals surface area contributed by atoms with Crippen LogP contribution in [0.1, 0.15) is 18.4 Å². The lowest BCUT2D eigenvalue weighted by atomic mass is 10.1. The predicted octanol–water partition coefficient (Wildman–Crippen LogP) is 4.13. The van der Waals surface area contributed by atoms with Gasteiger partial charge in [0.15, 0.2) is 17.8 Å². The molecule has 1 saturated heterocycles. The third-order valence-corrected chi connectivity index (χ3v) is 4.79. The van der Waals surface area contributed by atoms with Crippen LogP contribution in [0.15, 0.2) is 54.7 Å². The van der Waals surface area contributed by atoms with E-state index in [1.54, 1.807) is 20.4 Å². The Morgan fingerprint density at radius 3 is 2.79 bits per heavy atom. The van der Waals surface area contributed by atoms with Crippen molar-refractivity contribution in [1.29, 1.82) is 0 Å². The fourth-order valence-electron chi connectivity index (χ4n) is 3.36. The van der Waals surface area contributed by atoms with E-state index >= 15 is 0 Å². The second kappa shape index (κ2) is 8.35. The number of hydrogen-bond donors (Lipinski definition) is 0. The molecule has 28 heavy (non-hydrogen) atoms. The maximum absolute atomic E-state index is 6.03. The first-order chi connectivity index (χ1) is 13.8. The minimum atomic E-state index is -0.217. The number of hydrogen-bond acceptors (Lipinski definition) is 5. The smallest absolute Gasteiger partial charge is 0.200 e. The number of methoxy groups -OCH3 is 2. The van der Waals surface area contributed by atoms with Crippen molar-refractivity contribution in [3.63, 3.8) is 0 Å². The van der Waals surface area contributed by atoms with Crippen LogP contribution in [0.2, 0.25) is 0 Å². The van der Waals surface area contributed by atoms with Crippen molar-refractivity contribution in [3.8, 4) is 28.5 Å². The molecule has 6 heteroatoms. The number of aromatic nitrogens is 2. The highest BCUT2D eigenvalue weighted by atomic mass is 16.7. The highest BCUT2D eigenvalue weighted by Gasteiger charge is 2.20. The zero-order valence-corrected chi connectivity index (χ0v) is 16.1. The molecule has 0 bridgehead atoms. The largest absolute Gasteiger partial charge is 0.497 e. The maximum Gasteiger partial charge on any atom is 0.200 e. The Labute approximate surface area is 164 Å². The van der Waals surface area contributed by atoms with E-state index in [0.717, 1.165) is 42.0 Å². The highest BCUT2D eigenvalue weighted by Crippen LogP contribution is 2.34. The Balaban J connectivity index is 1.61. The molecule has 1 aliphatic heterocycles. The Bertz CT molecular complexity index is 932. The molecule has 1 unspecified atom stereocenters. The van der Waals surface area contributed by atoms with Gasteiger partial charge in [-0.25, -0.2) is 0 Å². The van der Waals surface area contributed by atoms with Gasteiger partial charge in [0.25, 0.3) is 0 Å². The summed E-state index contributed by atoms with van der Waals surface area (Å²) in [6.45, 7) is 1.38. The van der Waals surface area contributed by atoms with E-state index in [1.807, 2.05) is 47.1 Å². The van der Waals surface area contributed by atoms with Gasteiger partial charge in [0.05, 0.1) is 33.1 Å². The molecule has 0 radical (unpaired) electrons. The first-order valence-electron chi connectivity index (χ1n) is 9.38. The summed E-state index contributed by atoms with van der Waals surface area (Å²) >= 11 is 0. The van der Waals surface area contributed by atoms with Crippen molar-refractivity contribution in [1.82, 2.24) is 9.78 Å². The third kappa shape index (κ3) is 3.97. The van der Waals surface area contributed by atoms with Crippen LogP contribution in [0.3, 0.4) is 0 Å². The first-order valence-corrected chi connectivity index (χ1v) is 9.38. The van der Waals surface area contributed by atoms with Gasteiger partial charge in [-0.3, -0.25) is 4.68 Å². The van der Waals surface area contributed by atoms with Crippen LogP contribution in [-0.4, -0.2) is 36.9 Å². The van der Waals surface area contributed by atoms with Gasteiger partial charge in [-0.2, -0.15) is 5.10 Å². The molecule has 0 spiro atoms. The molecule has 0 amide bonds. The van der Waals surface area contributed by atoms with Gasteiger partial charge in [-0.1, -0.05) is 12.1 Å². The van der Waals surface area contributed by atoms with Crippen LogP contribution in [0.4, 0.5) is 0 Å². The van der Waals surface area contributed by atoms with Gasteiger partial charge in [-0.15, -0.1) is 0 Å². The summed E-state index contributed by atoms with van der Waals surface area (Å²) in [5.41, 5.74) is 3.13. The fraction of sp³-hybridized carbons (Fsp3) is 0.318. The van der Waals surface area contributed by atoms with Crippen molar-refractivity contribution >= 4 is 0 Å². The molecular formula is C22H24N2O4. The standard InChI is InChI=1S/C22H24N2O4/c1-25-18-6-3-5-16(13-18)15-24-19(10-11-23-24)17-8-9-20(26-2)21(14-17)28-22-7-4-12-27-22/h3,5-6,8-11,13-14,22H,4,7,12,15H2,1-2H3. The average molecular weight is 380 g/mol. The minimum Gasteiger partial charge on any atom is -0.497 e. The maximum atomic E-state index is 6.03. The van der Waals surface area contributed by atoms with Crippen LogP contribution < -0.4 is 14.2 Å². The molecule has 1 atom stereocenters. The topological polar surface area (TPSA) is 54.7 Å². The molecule has 1 aliphatic rings. The summed E-state index contributed by atoms with van der Waals surface area (Å²) < 4.78 is 24.4. The van der Waals surface area contributed by atoms with E-state index in [4.69, 9.17) is 18.9 Å². The van der Waals surface area contributed by atoms with Crippen LogP contribution in [-0.2, 0) is 11.3 Å². The Kier molecular flexibility index (Phi) is 5.48. The quantitative estimate of drug-likeness (QED) is 0.617. The van der Waals surface area contributed by atoms with E-state index in [-0.39, 0.29) is 6.29 Å². The second-order valence-electron chi connectivity index (χ2n) is 6.65. The van der Waals surface area contributed by atoms with Crippen molar-refractivity contribution in [2.45, 2.75) is 25.7 Å². The van der Waals surface area contributed by atoms with Crippen molar-refractivity contribution < 1.29 is 18.9 Å². The van der Waals surface area contributed by atoms with Crippen molar-refractivity contribution in [2.75, 3.05) is 20.8 Å². The summed E-state index contributed by atoms with van der Waals surface area (Å²) in [5, 5.41) is 4.50. The molecule has 3 aromatic rings. The Hall–Kier alpha value is -2.99. The van der Waals surface area contributed by atoms with E-state index < -0.39 is 0 Å². The molecule has 0 aliphatic carbocycles. The lowest BCUT2D eigenvalue weighted by molar-refractivity contribution is -0.0402. The molecule has 146 valence electrons. The molecule has 1 fully saturated rings. The van der Waals surface area contributed by atoms with Gasteiger partial charge in [0.1, 0.15) is 5.75 Å². The van der Waals surface area contributed by atoms with E-state index in [2.05, 4.69) is 11.2 Å². The predicted molar refractivity (Wildman–Crippen MR) is 106 cm³/mol. The van der Waals surface area contributed by atoms with Gasteiger partial charge < -0.3 is 18.9 Å². The average Bonchev–Trinajstić information content (AvgIpc) is 3.40. The molecule has 2 aromatic carbocycles. The zero-order chi connectivity index (χ0) is 19.3. The zero-order valence-electron chi connectivity index (χ0n) is 16.1. The summed E-state index contributed by atoms with van der Waals surface area (Å²) in [6, 6.07) is 15.9. The van der Waals surface area contributed by atoms with Crippen LogP contribution in [0.25, 0.3) is 11.3 Å². The molecule has 1 aromatic heterocycles. The highest BCUT2D eigenvalue weighted by molar-refractivity contribution is 5.64. The van der Waals surface area contributed by atoms with Gasteiger partial charge in [0, 0.05) is 18.2 Å². The second-order valence-corrected chi connectivity index (χ2v) is 6.65. The van der Waals surface area contributed by atoms with Crippen LogP contribution >= 0.6 is 0 Å². The molecule has 6 nitrogen and oxygen atoms in total. The number of benzene rings is 2. The lowest BCUT2D eigenvalue weighted by Gasteiger charge is -2.17. The Morgan fingerprint density at radius 1 is 1.07 bits per heavy atom. The lowest BCUT2D eigenvalue weighted by Crippen LogP contribution is -2.14. The van der Waals surface area contributed by atoms with Crippen LogP contribution in [0.5, 0.6) is 17.2 Å². The minimum absolute atomic E-state index is 0.217. The van der Waals surface area contributed by atoms with Crippen molar-refractivity contribution in [2.24, 2.45) is 0 Å². The van der Waals surface area contributed by atoms with Gasteiger partial charge in [0.2, 0.25) is 0 Å². The number of rotatable bonds is 7. The van der Waals surface area contributed by atoms with Gasteiger partial charge >= 0.3 is 0 Å². The summed E-state index contributed by atoms with van der Waals surface area (Å²) in [7, 11) is 3.32. The van der Waals surface area contributed by atoms with E-state index in [1.165, 1.54) is 0 Å². The number of ether oxygens (including phenoxy) is 4. The van der Waals surface area contributed by atoms with Gasteiger partial charge in [-0.05, 0) is 48.4 Å². The Morgan fingerprint density at radius 2 is 2.00 bits per heavy atom. The molecular weight excluding hydrogens is 356 g/mol. The molecule has 2 heterocycles. The third-order valence-electron chi connectivity index (χ3n) is 4.79. The SMILES string of the molecule is COc1cccc(Cn2nccc2-c2ccc(OC)c(OC3CCCO3)c2)c1. The van der Waals surface area contributed by atoms with Crippen molar-refractivity contribution in [3.05, 3.63) is 60.3 Å². The molecule has 0 saturated carbocycles. The van der Waals surface area contributed by atoms with E-state index in [9.17, 15) is 0 Å². The summed E-state index contributed by atoms with van der Waals surface area (Å²) in [5.74, 6) is 2.21. The summed E-state index contributed by atoms with van der Waals surface area (Å²) in [4.78, 5) is 0. The normalized spacial score (nSPS) is 16.1. The van der Waals surface area contributed by atoms with Crippen LogP contribution in [0, 0.1) is 0 Å². The molecule has 0 N–H and O–H groups in total.